The van der Waals surface area contributed by atoms with Gasteiger partial charge in [-0.3, -0.25) is 4.79 Å². The van der Waals surface area contributed by atoms with Crippen molar-refractivity contribution in [1.29, 1.82) is 0 Å². The molecule has 3 unspecified atom stereocenters. The van der Waals surface area contributed by atoms with Crippen LogP contribution in [0.25, 0.3) is 0 Å². The maximum Gasteiger partial charge on any atom is 0.325 e. The van der Waals surface area contributed by atoms with Gasteiger partial charge < -0.3 is 21.9 Å². The Morgan fingerprint density at radius 2 is 2.10 bits per heavy atom. The molecule has 1 saturated heterocycles. The summed E-state index contributed by atoms with van der Waals surface area (Å²) in [6.07, 6.45) is -0.400. The molecule has 5 nitrogen and oxygen atoms in total. The van der Waals surface area contributed by atoms with Crippen LogP contribution in [0.4, 0.5) is 0 Å². The number of ether oxygens (including phenoxy) is 1. The third-order valence-corrected chi connectivity index (χ3v) is 1.62. The van der Waals surface area contributed by atoms with Crippen molar-refractivity contribution in [3.05, 3.63) is 0 Å². The molecule has 1 fully saturated rings. The van der Waals surface area contributed by atoms with Crippen LogP contribution in [0.2, 0.25) is 0 Å². The Kier molecular flexibility index (Phi) is 1.89. The third kappa shape index (κ3) is 0.985. The van der Waals surface area contributed by atoms with Crippen molar-refractivity contribution in [3.8, 4) is 0 Å². The Morgan fingerprint density at radius 1 is 1.50 bits per heavy atom. The van der Waals surface area contributed by atoms with E-state index in [1.54, 1.807) is 0 Å². The van der Waals surface area contributed by atoms with Crippen LogP contribution in [0.1, 0.15) is 0 Å². The number of esters is 1. The summed E-state index contributed by atoms with van der Waals surface area (Å²) in [5, 5.41) is 0. The molecule has 0 aromatic heterocycles. The van der Waals surface area contributed by atoms with E-state index >= 15 is 0 Å². The van der Waals surface area contributed by atoms with Gasteiger partial charge in [-0.15, -0.1) is 0 Å². The molecule has 1 aliphatic rings. The van der Waals surface area contributed by atoms with Gasteiger partial charge in [0, 0.05) is 6.54 Å². The van der Waals surface area contributed by atoms with E-state index in [4.69, 9.17) is 21.9 Å². The Labute approximate surface area is 58.5 Å². The summed E-state index contributed by atoms with van der Waals surface area (Å²) in [7, 11) is 0. The molecule has 5 heteroatoms. The number of rotatable bonds is 1. The second kappa shape index (κ2) is 2.53. The van der Waals surface area contributed by atoms with Crippen molar-refractivity contribution in [1.82, 2.24) is 0 Å². The molecule has 0 spiro atoms. The predicted molar refractivity (Wildman–Crippen MR) is 34.9 cm³/mol. The number of nitrogens with two attached hydrogens (primary N) is 3. The van der Waals surface area contributed by atoms with Crippen molar-refractivity contribution < 1.29 is 9.53 Å². The lowest BCUT2D eigenvalue weighted by Gasteiger charge is -2.10. The molecule has 1 rings (SSSR count). The minimum absolute atomic E-state index is 0.237. The second-order valence-corrected chi connectivity index (χ2v) is 2.31. The van der Waals surface area contributed by atoms with E-state index in [2.05, 4.69) is 0 Å². The molecule has 0 aromatic rings. The van der Waals surface area contributed by atoms with E-state index in [0.717, 1.165) is 0 Å². The van der Waals surface area contributed by atoms with Crippen LogP contribution in [0.5, 0.6) is 0 Å². The number of carbonyl (C=O) groups excluding carboxylic acids is 1. The normalized spacial score (nSPS) is 39.9. The first-order valence-corrected chi connectivity index (χ1v) is 3.08. The van der Waals surface area contributed by atoms with Gasteiger partial charge in [0.15, 0.2) is 0 Å². The van der Waals surface area contributed by atoms with Gasteiger partial charge in [-0.1, -0.05) is 0 Å². The zero-order valence-electron chi connectivity index (χ0n) is 5.49. The summed E-state index contributed by atoms with van der Waals surface area (Å²) in [5.74, 6) is -0.456. The van der Waals surface area contributed by atoms with Crippen molar-refractivity contribution >= 4 is 5.97 Å². The number of hydrogen-bond donors (Lipinski definition) is 3. The van der Waals surface area contributed by atoms with Crippen LogP contribution in [0, 0.1) is 0 Å². The lowest BCUT2D eigenvalue weighted by atomic mass is 10.1. The van der Waals surface area contributed by atoms with Gasteiger partial charge in [0.25, 0.3) is 0 Å². The molecule has 6 N–H and O–H groups in total. The molecule has 1 aliphatic heterocycles. The molecular weight excluding hydrogens is 134 g/mol. The highest BCUT2D eigenvalue weighted by molar-refractivity contribution is 5.79. The maximum atomic E-state index is 10.7. The largest absolute Gasteiger partial charge is 0.458 e. The second-order valence-electron chi connectivity index (χ2n) is 2.31. The standard InChI is InChI=1S/C5H11N3O2/c6-1-2-3(7)4(8)5(9)10-2/h2-4H,1,6-8H2. The quantitative estimate of drug-likeness (QED) is 0.354. The van der Waals surface area contributed by atoms with Crippen LogP contribution in [-0.4, -0.2) is 30.7 Å². The molecular formula is C5H11N3O2. The van der Waals surface area contributed by atoms with E-state index in [0.29, 0.717) is 0 Å². The van der Waals surface area contributed by atoms with Crippen LogP contribution < -0.4 is 17.2 Å². The smallest absolute Gasteiger partial charge is 0.325 e. The van der Waals surface area contributed by atoms with Crippen LogP contribution in [0.3, 0.4) is 0 Å². The fourth-order valence-corrected chi connectivity index (χ4v) is 0.900. The average molecular weight is 145 g/mol. The molecule has 3 atom stereocenters. The van der Waals surface area contributed by atoms with Crippen LogP contribution in [-0.2, 0) is 9.53 Å². The van der Waals surface area contributed by atoms with Gasteiger partial charge >= 0.3 is 5.97 Å². The fraction of sp³-hybridized carbons (Fsp3) is 0.800. The van der Waals surface area contributed by atoms with E-state index < -0.39 is 24.2 Å². The summed E-state index contributed by atoms with van der Waals surface area (Å²) in [6, 6.07) is -1.15. The van der Waals surface area contributed by atoms with Crippen molar-refractivity contribution in [2.24, 2.45) is 17.2 Å². The fourth-order valence-electron chi connectivity index (χ4n) is 0.900. The van der Waals surface area contributed by atoms with E-state index in [1.807, 2.05) is 0 Å². The Morgan fingerprint density at radius 3 is 2.30 bits per heavy atom. The highest BCUT2D eigenvalue weighted by Gasteiger charge is 2.38. The van der Waals surface area contributed by atoms with Crippen LogP contribution >= 0.6 is 0 Å². The Balaban J connectivity index is 2.61. The molecule has 0 radical (unpaired) electrons. The monoisotopic (exact) mass is 145 g/mol. The van der Waals surface area contributed by atoms with Gasteiger partial charge in [-0.05, 0) is 0 Å². The molecule has 1 heterocycles. The Hall–Kier alpha value is -0.650. The first-order valence-electron chi connectivity index (χ1n) is 3.08. The molecule has 0 amide bonds. The highest BCUT2D eigenvalue weighted by Crippen LogP contribution is 2.10. The lowest BCUT2D eigenvalue weighted by Crippen LogP contribution is -2.47. The Bertz CT molecular complexity index is 150. The summed E-state index contributed by atoms with van der Waals surface area (Å²) in [5.41, 5.74) is 16.0. The SMILES string of the molecule is NCC1OC(=O)C(N)C1N. The summed E-state index contributed by atoms with van der Waals surface area (Å²) >= 11 is 0. The third-order valence-electron chi connectivity index (χ3n) is 1.62. The van der Waals surface area contributed by atoms with Gasteiger partial charge in [0.1, 0.15) is 12.1 Å². The molecule has 10 heavy (non-hydrogen) atoms. The van der Waals surface area contributed by atoms with E-state index in [1.165, 1.54) is 0 Å². The van der Waals surface area contributed by atoms with Gasteiger partial charge in [-0.25, -0.2) is 0 Å². The minimum Gasteiger partial charge on any atom is -0.458 e. The zero-order valence-corrected chi connectivity index (χ0v) is 5.49. The molecule has 0 aliphatic carbocycles. The van der Waals surface area contributed by atoms with Gasteiger partial charge in [-0.2, -0.15) is 0 Å². The maximum absolute atomic E-state index is 10.7. The summed E-state index contributed by atoms with van der Waals surface area (Å²) < 4.78 is 4.72. The number of cyclic esters (lactones) is 1. The zero-order chi connectivity index (χ0) is 7.72. The van der Waals surface area contributed by atoms with Crippen LogP contribution in [0.15, 0.2) is 0 Å². The average Bonchev–Trinajstić information content (AvgIpc) is 2.17. The van der Waals surface area contributed by atoms with Gasteiger partial charge in [0.05, 0.1) is 6.04 Å². The molecule has 58 valence electrons. The van der Waals surface area contributed by atoms with E-state index in [-0.39, 0.29) is 6.54 Å². The first-order chi connectivity index (χ1) is 4.66. The highest BCUT2D eigenvalue weighted by atomic mass is 16.6. The molecule has 0 bridgehead atoms. The topological polar surface area (TPSA) is 104 Å². The molecule has 0 saturated carbocycles. The number of hydrogen-bond acceptors (Lipinski definition) is 5. The van der Waals surface area contributed by atoms with Crippen molar-refractivity contribution in [3.63, 3.8) is 0 Å². The van der Waals surface area contributed by atoms with Crippen molar-refractivity contribution in [2.75, 3.05) is 6.54 Å². The molecule has 0 aromatic carbocycles. The minimum atomic E-state index is -0.700. The van der Waals surface area contributed by atoms with Gasteiger partial charge in [0.2, 0.25) is 0 Å². The predicted octanol–water partition coefficient (Wildman–Crippen LogP) is -2.47. The number of carbonyl (C=O) groups is 1. The first kappa shape index (κ1) is 7.46. The lowest BCUT2D eigenvalue weighted by molar-refractivity contribution is -0.142. The summed E-state index contributed by atoms with van der Waals surface area (Å²) in [6.45, 7) is 0.237. The summed E-state index contributed by atoms with van der Waals surface area (Å²) in [4.78, 5) is 10.7. The van der Waals surface area contributed by atoms with Crippen molar-refractivity contribution in [2.45, 2.75) is 18.2 Å². The van der Waals surface area contributed by atoms with E-state index in [9.17, 15) is 4.79 Å².